The fraction of sp³-hybridized carbons (Fsp3) is 0.556. The van der Waals surface area contributed by atoms with Crippen LogP contribution in [0.5, 0.6) is 0 Å². The van der Waals surface area contributed by atoms with E-state index >= 15 is 0 Å². The molecule has 1 N–H and O–H groups in total. The first-order valence-electron chi connectivity index (χ1n) is 7.98. The van der Waals surface area contributed by atoms with Gasteiger partial charge in [-0.25, -0.2) is 0 Å². The highest BCUT2D eigenvalue weighted by Gasteiger charge is 2.34. The van der Waals surface area contributed by atoms with Crippen LogP contribution in [0.3, 0.4) is 0 Å². The minimum Gasteiger partial charge on any atom is -0.375 e. The van der Waals surface area contributed by atoms with E-state index in [-0.39, 0.29) is 0 Å². The largest absolute Gasteiger partial charge is 0.375 e. The lowest BCUT2D eigenvalue weighted by Crippen LogP contribution is -2.28. The second-order valence-corrected chi connectivity index (χ2v) is 6.36. The number of benzene rings is 1. The second kappa shape index (κ2) is 6.45. The van der Waals surface area contributed by atoms with Crippen molar-refractivity contribution in [1.82, 2.24) is 5.32 Å². The van der Waals surface area contributed by atoms with Gasteiger partial charge in [0.1, 0.15) is 0 Å². The van der Waals surface area contributed by atoms with Crippen LogP contribution in [0.1, 0.15) is 19.3 Å². The van der Waals surface area contributed by atoms with Crippen molar-refractivity contribution < 1.29 is 0 Å². The maximum Gasteiger partial charge on any atom is 0.0363 e. The molecule has 0 amide bonds. The molecule has 3 unspecified atom stereocenters. The zero-order chi connectivity index (χ0) is 13.8. The Morgan fingerprint density at radius 3 is 2.70 bits per heavy atom. The minimum atomic E-state index is 0.875. The van der Waals surface area contributed by atoms with Crippen molar-refractivity contribution in [3.63, 3.8) is 0 Å². The summed E-state index contributed by atoms with van der Waals surface area (Å²) in [7, 11) is 2.18. The summed E-state index contributed by atoms with van der Waals surface area (Å²) in [5, 5.41) is 3.66. The van der Waals surface area contributed by atoms with Crippen LogP contribution in [0, 0.1) is 17.8 Å². The molecule has 2 nitrogen and oxygen atoms in total. The van der Waals surface area contributed by atoms with Gasteiger partial charge in [-0.3, -0.25) is 0 Å². The fourth-order valence-electron chi connectivity index (χ4n) is 3.67. The molecule has 3 rings (SSSR count). The summed E-state index contributed by atoms with van der Waals surface area (Å²) in [6.45, 7) is 3.46. The Kier molecular flexibility index (Phi) is 4.41. The summed E-state index contributed by atoms with van der Waals surface area (Å²) < 4.78 is 0. The summed E-state index contributed by atoms with van der Waals surface area (Å²) in [6, 6.07) is 10.6. The molecule has 1 aromatic rings. The number of nitrogens with one attached hydrogen (secondary N) is 1. The maximum absolute atomic E-state index is 3.66. The molecular weight excluding hydrogens is 244 g/mol. The van der Waals surface area contributed by atoms with Gasteiger partial charge in [0.25, 0.3) is 0 Å². The molecule has 0 saturated heterocycles. The maximum atomic E-state index is 3.66. The van der Waals surface area contributed by atoms with Crippen LogP contribution in [0.25, 0.3) is 0 Å². The first-order valence-corrected chi connectivity index (χ1v) is 7.98. The quantitative estimate of drug-likeness (QED) is 0.604. The van der Waals surface area contributed by atoms with Crippen molar-refractivity contribution in [2.45, 2.75) is 19.3 Å². The lowest BCUT2D eigenvalue weighted by atomic mass is 9.94. The van der Waals surface area contributed by atoms with Gasteiger partial charge in [-0.05, 0) is 62.2 Å². The van der Waals surface area contributed by atoms with Crippen molar-refractivity contribution in [1.29, 1.82) is 0 Å². The van der Waals surface area contributed by atoms with Gasteiger partial charge in [0.2, 0.25) is 0 Å². The Labute approximate surface area is 122 Å². The highest BCUT2D eigenvalue weighted by atomic mass is 15.1. The van der Waals surface area contributed by atoms with E-state index in [1.54, 1.807) is 0 Å². The van der Waals surface area contributed by atoms with E-state index in [1.165, 1.54) is 31.5 Å². The normalized spacial score (nSPS) is 27.1. The van der Waals surface area contributed by atoms with Gasteiger partial charge in [-0.15, -0.1) is 0 Å². The topological polar surface area (TPSA) is 15.3 Å². The van der Waals surface area contributed by atoms with Crippen molar-refractivity contribution >= 4 is 5.69 Å². The molecule has 1 aromatic carbocycles. The lowest BCUT2D eigenvalue weighted by molar-refractivity contribution is 0.414. The molecule has 108 valence electrons. The molecule has 3 atom stereocenters. The number of rotatable bonds is 7. The molecule has 20 heavy (non-hydrogen) atoms. The van der Waals surface area contributed by atoms with Crippen molar-refractivity contribution in [3.05, 3.63) is 42.5 Å². The van der Waals surface area contributed by atoms with Crippen LogP contribution in [0.4, 0.5) is 5.69 Å². The van der Waals surface area contributed by atoms with E-state index in [1.807, 2.05) is 0 Å². The molecular formula is C18H26N2. The zero-order valence-corrected chi connectivity index (χ0v) is 12.5. The SMILES string of the molecule is CN(CCCNCC1CC2C=CC1C2)c1ccccc1. The van der Waals surface area contributed by atoms with Crippen molar-refractivity contribution in [3.8, 4) is 0 Å². The van der Waals surface area contributed by atoms with Crippen LogP contribution in [-0.2, 0) is 0 Å². The Bertz CT molecular complexity index is 440. The number of anilines is 1. The van der Waals surface area contributed by atoms with E-state index in [4.69, 9.17) is 0 Å². The molecule has 2 bridgehead atoms. The van der Waals surface area contributed by atoms with Crippen LogP contribution < -0.4 is 10.2 Å². The smallest absolute Gasteiger partial charge is 0.0363 e. The second-order valence-electron chi connectivity index (χ2n) is 6.36. The molecule has 1 fully saturated rings. The highest BCUT2D eigenvalue weighted by Crippen LogP contribution is 2.42. The third kappa shape index (κ3) is 3.24. The lowest BCUT2D eigenvalue weighted by Gasteiger charge is -2.21. The molecule has 0 aromatic heterocycles. The average Bonchev–Trinajstić information content (AvgIpc) is 3.10. The predicted molar refractivity (Wildman–Crippen MR) is 86.0 cm³/mol. The van der Waals surface area contributed by atoms with Gasteiger partial charge in [0.15, 0.2) is 0 Å². The van der Waals surface area contributed by atoms with Crippen LogP contribution in [0.2, 0.25) is 0 Å². The third-order valence-corrected chi connectivity index (χ3v) is 4.87. The molecule has 0 heterocycles. The van der Waals surface area contributed by atoms with Crippen LogP contribution in [0.15, 0.2) is 42.5 Å². The molecule has 0 aliphatic heterocycles. The molecule has 2 aliphatic rings. The van der Waals surface area contributed by atoms with Gasteiger partial charge in [0, 0.05) is 19.3 Å². The molecule has 0 radical (unpaired) electrons. The first kappa shape index (κ1) is 13.7. The minimum absolute atomic E-state index is 0.875. The molecule has 2 aliphatic carbocycles. The summed E-state index contributed by atoms with van der Waals surface area (Å²) in [4.78, 5) is 2.34. The van der Waals surface area contributed by atoms with E-state index in [0.29, 0.717) is 0 Å². The summed E-state index contributed by atoms with van der Waals surface area (Å²) in [6.07, 6.45) is 8.92. The monoisotopic (exact) mass is 270 g/mol. The van der Waals surface area contributed by atoms with Crippen molar-refractivity contribution in [2.24, 2.45) is 17.8 Å². The van der Waals surface area contributed by atoms with E-state index in [0.717, 1.165) is 30.8 Å². The number of nitrogens with zero attached hydrogens (tertiary/aromatic N) is 1. The Morgan fingerprint density at radius 2 is 2.00 bits per heavy atom. The van der Waals surface area contributed by atoms with Crippen LogP contribution >= 0.6 is 0 Å². The third-order valence-electron chi connectivity index (χ3n) is 4.87. The first-order chi connectivity index (χ1) is 9.83. The number of fused-ring (bicyclic) bond motifs is 2. The summed E-state index contributed by atoms with van der Waals surface area (Å²) >= 11 is 0. The molecule has 0 spiro atoms. The predicted octanol–water partition coefficient (Wildman–Crippen LogP) is 3.31. The average molecular weight is 270 g/mol. The standard InChI is InChI=1S/C18H26N2/c1-20(18-6-3-2-4-7-18)11-5-10-19-14-17-13-15-8-9-16(17)12-15/h2-4,6-9,15-17,19H,5,10-14H2,1H3. The van der Waals surface area contributed by atoms with Gasteiger partial charge in [-0.1, -0.05) is 30.4 Å². The highest BCUT2D eigenvalue weighted by molar-refractivity contribution is 5.44. The Balaban J connectivity index is 1.30. The van der Waals surface area contributed by atoms with E-state index in [9.17, 15) is 0 Å². The number of hydrogen-bond donors (Lipinski definition) is 1. The number of hydrogen-bond acceptors (Lipinski definition) is 2. The Hall–Kier alpha value is -1.28. The van der Waals surface area contributed by atoms with Gasteiger partial charge < -0.3 is 10.2 Å². The molecule has 2 heteroatoms. The van der Waals surface area contributed by atoms with Gasteiger partial charge in [-0.2, -0.15) is 0 Å². The number of allylic oxidation sites excluding steroid dienone is 2. The van der Waals surface area contributed by atoms with Gasteiger partial charge in [0.05, 0.1) is 0 Å². The van der Waals surface area contributed by atoms with E-state index in [2.05, 4.69) is 59.7 Å². The van der Waals surface area contributed by atoms with Crippen molar-refractivity contribution in [2.75, 3.05) is 31.6 Å². The summed E-state index contributed by atoms with van der Waals surface area (Å²) in [5.41, 5.74) is 1.31. The summed E-state index contributed by atoms with van der Waals surface area (Å²) in [5.74, 6) is 2.67. The molecule has 1 saturated carbocycles. The van der Waals surface area contributed by atoms with E-state index < -0.39 is 0 Å². The number of para-hydroxylation sites is 1. The van der Waals surface area contributed by atoms with Crippen LogP contribution in [-0.4, -0.2) is 26.7 Å². The van der Waals surface area contributed by atoms with Gasteiger partial charge >= 0.3 is 0 Å². The Morgan fingerprint density at radius 1 is 1.15 bits per heavy atom. The fourth-order valence-corrected chi connectivity index (χ4v) is 3.67. The zero-order valence-electron chi connectivity index (χ0n) is 12.5.